The van der Waals surface area contributed by atoms with E-state index in [0.29, 0.717) is 18.8 Å². The highest BCUT2D eigenvalue weighted by Crippen LogP contribution is 2.28. The van der Waals surface area contributed by atoms with Crippen LogP contribution in [0.2, 0.25) is 0 Å². The van der Waals surface area contributed by atoms with Crippen LogP contribution in [-0.2, 0) is 14.8 Å². The molecule has 1 fully saturated rings. The lowest BCUT2D eigenvalue weighted by molar-refractivity contribution is 0.0604. The Morgan fingerprint density at radius 1 is 1.16 bits per heavy atom. The third kappa shape index (κ3) is 2.91. The van der Waals surface area contributed by atoms with E-state index in [1.165, 1.54) is 11.4 Å². The zero-order valence-corrected chi connectivity index (χ0v) is 12.0. The number of nitrogens with zero attached hydrogens (tertiary/aromatic N) is 1. The van der Waals surface area contributed by atoms with Crippen molar-refractivity contribution in [3.63, 3.8) is 0 Å². The fourth-order valence-corrected chi connectivity index (χ4v) is 3.91. The molecule has 0 atom stereocenters. The molecule has 0 aliphatic carbocycles. The van der Waals surface area contributed by atoms with Crippen molar-refractivity contribution in [1.29, 1.82) is 0 Å². The Balaban J connectivity index is 2.23. The first-order chi connectivity index (χ1) is 9.09. The number of hydrogen-bond acceptors (Lipinski definition) is 4. The highest BCUT2D eigenvalue weighted by Gasteiger charge is 2.31. The maximum absolute atomic E-state index is 12.6. The normalized spacial score (nSPS) is 18.4. The van der Waals surface area contributed by atoms with E-state index in [9.17, 15) is 8.42 Å². The first kappa shape index (κ1) is 14.3. The molecular weight excluding hydrogens is 266 g/mol. The molecule has 1 aliphatic rings. The van der Waals surface area contributed by atoms with Crippen LogP contribution in [0.25, 0.3) is 0 Å². The molecule has 6 heteroatoms. The van der Waals surface area contributed by atoms with Crippen LogP contribution in [0, 0.1) is 0 Å². The minimum Gasteiger partial charge on any atom is -0.495 e. The molecule has 0 bridgehead atoms. The fourth-order valence-electron chi connectivity index (χ4n) is 2.28. The summed E-state index contributed by atoms with van der Waals surface area (Å²) in [6.45, 7) is 0.970. The van der Waals surface area contributed by atoms with E-state index in [1.807, 2.05) is 0 Å². The van der Waals surface area contributed by atoms with E-state index in [4.69, 9.17) is 9.47 Å². The van der Waals surface area contributed by atoms with Crippen LogP contribution in [0.4, 0.5) is 0 Å². The Bertz CT molecular complexity index is 521. The predicted octanol–water partition coefficient (Wildman–Crippen LogP) is 1.49. The standard InChI is InChI=1S/C13H19NO4S/c1-17-11-7-9-14(10-8-11)19(15,16)13-6-4-3-5-12(13)18-2/h3-6,11H,7-10H2,1-2H3. The maximum atomic E-state index is 12.6. The van der Waals surface area contributed by atoms with E-state index >= 15 is 0 Å². The monoisotopic (exact) mass is 285 g/mol. The van der Waals surface area contributed by atoms with Crippen LogP contribution >= 0.6 is 0 Å². The van der Waals surface area contributed by atoms with Crippen molar-refractivity contribution in [2.45, 2.75) is 23.8 Å². The van der Waals surface area contributed by atoms with Gasteiger partial charge in [0.2, 0.25) is 10.0 Å². The lowest BCUT2D eigenvalue weighted by Gasteiger charge is -2.30. The molecule has 106 valence electrons. The molecule has 0 spiro atoms. The van der Waals surface area contributed by atoms with E-state index in [0.717, 1.165) is 12.8 Å². The molecule has 1 aromatic rings. The highest BCUT2D eigenvalue weighted by atomic mass is 32.2. The van der Waals surface area contributed by atoms with Crippen LogP contribution in [0.1, 0.15) is 12.8 Å². The van der Waals surface area contributed by atoms with E-state index in [2.05, 4.69) is 0 Å². The molecule has 0 radical (unpaired) electrons. The summed E-state index contributed by atoms with van der Waals surface area (Å²) in [4.78, 5) is 0.230. The average molecular weight is 285 g/mol. The SMILES string of the molecule is COc1ccccc1S(=O)(=O)N1CCC(OC)CC1. The van der Waals surface area contributed by atoms with Crippen LogP contribution in [-0.4, -0.2) is 46.1 Å². The number of benzene rings is 1. The topological polar surface area (TPSA) is 55.8 Å². The molecule has 1 saturated heterocycles. The first-order valence-corrected chi connectivity index (χ1v) is 7.69. The molecule has 19 heavy (non-hydrogen) atoms. The van der Waals surface area contributed by atoms with Gasteiger partial charge in [-0.25, -0.2) is 8.42 Å². The van der Waals surface area contributed by atoms with Crippen molar-refractivity contribution in [2.75, 3.05) is 27.3 Å². The van der Waals surface area contributed by atoms with Gasteiger partial charge in [0.1, 0.15) is 10.6 Å². The van der Waals surface area contributed by atoms with Crippen molar-refractivity contribution in [3.8, 4) is 5.75 Å². The van der Waals surface area contributed by atoms with Crippen molar-refractivity contribution in [3.05, 3.63) is 24.3 Å². The zero-order valence-electron chi connectivity index (χ0n) is 11.2. The molecule has 1 aromatic carbocycles. The van der Waals surface area contributed by atoms with Crippen molar-refractivity contribution < 1.29 is 17.9 Å². The summed E-state index contributed by atoms with van der Waals surface area (Å²) in [5.41, 5.74) is 0. The summed E-state index contributed by atoms with van der Waals surface area (Å²) in [6.07, 6.45) is 1.61. The maximum Gasteiger partial charge on any atom is 0.246 e. The number of piperidine rings is 1. The molecule has 0 unspecified atom stereocenters. The quantitative estimate of drug-likeness (QED) is 0.841. The van der Waals surface area contributed by atoms with Crippen molar-refractivity contribution >= 4 is 10.0 Å². The van der Waals surface area contributed by atoms with Gasteiger partial charge in [-0.3, -0.25) is 0 Å². The number of methoxy groups -OCH3 is 2. The van der Waals surface area contributed by atoms with Gasteiger partial charge in [-0.05, 0) is 25.0 Å². The average Bonchev–Trinajstić information content (AvgIpc) is 2.47. The lowest BCUT2D eigenvalue weighted by atomic mass is 10.1. The highest BCUT2D eigenvalue weighted by molar-refractivity contribution is 7.89. The molecule has 1 heterocycles. The van der Waals surface area contributed by atoms with Crippen molar-refractivity contribution in [2.24, 2.45) is 0 Å². The smallest absolute Gasteiger partial charge is 0.246 e. The van der Waals surface area contributed by atoms with E-state index in [-0.39, 0.29) is 11.0 Å². The van der Waals surface area contributed by atoms with Crippen molar-refractivity contribution in [1.82, 2.24) is 4.31 Å². The van der Waals surface area contributed by atoms with Gasteiger partial charge in [-0.1, -0.05) is 12.1 Å². The minimum absolute atomic E-state index is 0.157. The zero-order chi connectivity index (χ0) is 13.9. The minimum atomic E-state index is -3.48. The number of ether oxygens (including phenoxy) is 2. The summed E-state index contributed by atoms with van der Waals surface area (Å²) in [5.74, 6) is 0.386. The fraction of sp³-hybridized carbons (Fsp3) is 0.538. The van der Waals surface area contributed by atoms with Crippen LogP contribution in [0.5, 0.6) is 5.75 Å². The summed E-state index contributed by atoms with van der Waals surface area (Å²) in [5, 5.41) is 0. The van der Waals surface area contributed by atoms with Gasteiger partial charge >= 0.3 is 0 Å². The molecule has 2 rings (SSSR count). The number of sulfonamides is 1. The summed E-state index contributed by atoms with van der Waals surface area (Å²) in [6, 6.07) is 6.71. The molecule has 0 saturated carbocycles. The summed E-state index contributed by atoms with van der Waals surface area (Å²) < 4.78 is 37.0. The van der Waals surface area contributed by atoms with E-state index in [1.54, 1.807) is 31.4 Å². The van der Waals surface area contributed by atoms with Gasteiger partial charge in [-0.2, -0.15) is 4.31 Å². The number of para-hydroxylation sites is 1. The predicted molar refractivity (Wildman–Crippen MR) is 71.8 cm³/mol. The molecule has 0 aromatic heterocycles. The third-order valence-electron chi connectivity index (χ3n) is 3.42. The number of hydrogen-bond donors (Lipinski definition) is 0. The summed E-state index contributed by atoms with van der Waals surface area (Å²) >= 11 is 0. The Kier molecular flexibility index (Phi) is 4.44. The second-order valence-electron chi connectivity index (χ2n) is 4.49. The first-order valence-electron chi connectivity index (χ1n) is 6.25. The molecule has 0 N–H and O–H groups in total. The van der Waals surface area contributed by atoms with Gasteiger partial charge in [0.25, 0.3) is 0 Å². The lowest BCUT2D eigenvalue weighted by Crippen LogP contribution is -2.40. The molecule has 0 amide bonds. The summed E-state index contributed by atoms with van der Waals surface area (Å²) in [7, 11) is -0.344. The Morgan fingerprint density at radius 3 is 2.37 bits per heavy atom. The van der Waals surface area contributed by atoms with Gasteiger partial charge in [0.15, 0.2) is 0 Å². The van der Waals surface area contributed by atoms with E-state index < -0.39 is 10.0 Å². The van der Waals surface area contributed by atoms with Gasteiger partial charge in [0, 0.05) is 20.2 Å². The Labute approximate surface area is 114 Å². The third-order valence-corrected chi connectivity index (χ3v) is 5.36. The second-order valence-corrected chi connectivity index (χ2v) is 6.40. The van der Waals surface area contributed by atoms with Crippen LogP contribution < -0.4 is 4.74 Å². The van der Waals surface area contributed by atoms with Gasteiger partial charge in [0.05, 0.1) is 13.2 Å². The molecular formula is C13H19NO4S. The number of rotatable bonds is 4. The van der Waals surface area contributed by atoms with Crippen LogP contribution in [0.3, 0.4) is 0 Å². The largest absolute Gasteiger partial charge is 0.495 e. The Morgan fingerprint density at radius 2 is 1.79 bits per heavy atom. The molecule has 1 aliphatic heterocycles. The van der Waals surface area contributed by atoms with Gasteiger partial charge in [-0.15, -0.1) is 0 Å². The van der Waals surface area contributed by atoms with Crippen LogP contribution in [0.15, 0.2) is 29.2 Å². The Hall–Kier alpha value is -1.11. The second kappa shape index (κ2) is 5.90. The van der Waals surface area contributed by atoms with Gasteiger partial charge < -0.3 is 9.47 Å². The molecule has 5 nitrogen and oxygen atoms in total.